The van der Waals surface area contributed by atoms with Crippen molar-refractivity contribution in [2.75, 3.05) is 13.1 Å². The third-order valence-corrected chi connectivity index (χ3v) is 3.41. The van der Waals surface area contributed by atoms with Gasteiger partial charge < -0.3 is 10.8 Å². The third kappa shape index (κ3) is 3.62. The molecule has 0 N–H and O–H groups in total. The molecule has 0 aromatic rings. The second-order valence-electron chi connectivity index (χ2n) is 5.04. The number of piperidine rings is 1. The number of likely N-dealkylation sites (tertiary alicyclic amines) is 1. The quantitative estimate of drug-likeness (QED) is 0.557. The summed E-state index contributed by atoms with van der Waals surface area (Å²) in [7, 11) is 0. The van der Waals surface area contributed by atoms with Gasteiger partial charge in [-0.2, -0.15) is 19.8 Å². The van der Waals surface area contributed by atoms with Gasteiger partial charge in [0.1, 0.15) is 0 Å². The summed E-state index contributed by atoms with van der Waals surface area (Å²) in [5.74, 6) is 3.34. The van der Waals surface area contributed by atoms with Gasteiger partial charge in [0.05, 0.1) is 0 Å². The Morgan fingerprint density at radius 3 is 2.21 bits per heavy atom. The molecule has 0 amide bonds. The second kappa shape index (κ2) is 6.23. The second-order valence-corrected chi connectivity index (χ2v) is 5.04. The van der Waals surface area contributed by atoms with Crippen LogP contribution in [0, 0.1) is 17.8 Å². The van der Waals surface area contributed by atoms with E-state index in [2.05, 4.69) is 39.5 Å². The molecule has 14 heavy (non-hydrogen) atoms. The van der Waals surface area contributed by atoms with E-state index in [1.807, 2.05) is 0 Å². The predicted octanol–water partition coefficient (Wildman–Crippen LogP) is 2.96. The molecule has 1 aliphatic heterocycles. The van der Waals surface area contributed by atoms with Gasteiger partial charge >= 0.3 is 0 Å². The molecule has 0 aromatic heterocycles. The van der Waals surface area contributed by atoms with Crippen molar-refractivity contribution in [1.82, 2.24) is 4.90 Å². The van der Waals surface area contributed by atoms with Crippen LogP contribution >= 0.6 is 0 Å². The molecule has 1 fully saturated rings. The van der Waals surface area contributed by atoms with Crippen molar-refractivity contribution < 1.29 is 19.5 Å². The maximum atomic E-state index is 2.60. The van der Waals surface area contributed by atoms with Crippen LogP contribution in [0.3, 0.4) is 0 Å². The Labute approximate surface area is 102 Å². The van der Waals surface area contributed by atoms with Gasteiger partial charge in [-0.1, -0.05) is 19.3 Å². The average Bonchev–Trinajstić information content (AvgIpc) is 2.03. The van der Waals surface area contributed by atoms with Gasteiger partial charge in [-0.25, -0.2) is 0 Å². The van der Waals surface area contributed by atoms with Gasteiger partial charge in [0.25, 0.3) is 0 Å². The fraction of sp³-hybridized carbons (Fsp3) is 0.917. The molecule has 1 aliphatic rings. The van der Waals surface area contributed by atoms with E-state index in [0.29, 0.717) is 0 Å². The van der Waals surface area contributed by atoms with Crippen LogP contribution in [0.15, 0.2) is 0 Å². The van der Waals surface area contributed by atoms with Crippen molar-refractivity contribution in [1.29, 1.82) is 0 Å². The van der Waals surface area contributed by atoms with Crippen molar-refractivity contribution in [3.8, 4) is 0 Å². The molecular formula is C12H24NRh-. The zero-order chi connectivity index (χ0) is 10.0. The average molecular weight is 285 g/mol. The fourth-order valence-electron chi connectivity index (χ4n) is 2.50. The molecule has 1 heterocycles. The first kappa shape index (κ1) is 14.6. The topological polar surface area (TPSA) is 3.24 Å². The van der Waals surface area contributed by atoms with E-state index in [1.54, 1.807) is 5.92 Å². The Morgan fingerprint density at radius 2 is 1.86 bits per heavy atom. The molecule has 0 aliphatic carbocycles. The zero-order valence-electron chi connectivity index (χ0n) is 10.1. The number of hydrogen-bond donors (Lipinski definition) is 0. The van der Waals surface area contributed by atoms with Crippen molar-refractivity contribution in [2.45, 2.75) is 47.1 Å². The molecule has 2 atom stereocenters. The molecule has 1 nitrogen and oxygen atoms in total. The summed E-state index contributed by atoms with van der Waals surface area (Å²) in [5.41, 5.74) is 0. The van der Waals surface area contributed by atoms with Crippen LogP contribution in [-0.4, -0.2) is 24.0 Å². The van der Waals surface area contributed by atoms with Crippen molar-refractivity contribution in [3.63, 3.8) is 0 Å². The molecule has 1 rings (SSSR count). The summed E-state index contributed by atoms with van der Waals surface area (Å²) in [6, 6.07) is 0.723. The van der Waals surface area contributed by atoms with Crippen LogP contribution < -0.4 is 0 Å². The SMILES string of the molecule is C[C-](C)C1CCN(C(C)C)CC1C.[Rh]. The molecule has 2 unspecified atom stereocenters. The maximum absolute atomic E-state index is 2.60. The molecule has 0 saturated carbocycles. The van der Waals surface area contributed by atoms with Crippen LogP contribution in [0.25, 0.3) is 0 Å². The first-order valence-corrected chi connectivity index (χ1v) is 5.56. The fourth-order valence-corrected chi connectivity index (χ4v) is 2.50. The maximum Gasteiger partial charge on any atom is 0.00386 e. The van der Waals surface area contributed by atoms with Gasteiger partial charge in [0.2, 0.25) is 0 Å². The summed E-state index contributed by atoms with van der Waals surface area (Å²) in [6.07, 6.45) is 1.36. The summed E-state index contributed by atoms with van der Waals surface area (Å²) >= 11 is 0. The van der Waals surface area contributed by atoms with Gasteiger partial charge in [0.15, 0.2) is 0 Å². The van der Waals surface area contributed by atoms with E-state index in [9.17, 15) is 0 Å². The smallest absolute Gasteiger partial charge is 0.00386 e. The Bertz CT molecular complexity index is 156. The van der Waals surface area contributed by atoms with Crippen LogP contribution in [0.2, 0.25) is 0 Å². The predicted molar refractivity (Wildman–Crippen MR) is 58.6 cm³/mol. The summed E-state index contributed by atoms with van der Waals surface area (Å²) < 4.78 is 0. The Kier molecular flexibility index (Phi) is 6.49. The first-order valence-electron chi connectivity index (χ1n) is 5.56. The van der Waals surface area contributed by atoms with E-state index in [1.165, 1.54) is 19.5 Å². The normalized spacial score (nSPS) is 29.4. The molecule has 1 saturated heterocycles. The Morgan fingerprint density at radius 1 is 1.29 bits per heavy atom. The van der Waals surface area contributed by atoms with Gasteiger partial charge in [-0.05, 0) is 26.9 Å². The van der Waals surface area contributed by atoms with Crippen LogP contribution in [0.4, 0.5) is 0 Å². The summed E-state index contributed by atoms with van der Waals surface area (Å²) in [4.78, 5) is 2.60. The van der Waals surface area contributed by atoms with E-state index in [0.717, 1.165) is 17.9 Å². The zero-order valence-corrected chi connectivity index (χ0v) is 11.8. The molecule has 0 spiro atoms. The van der Waals surface area contributed by atoms with Crippen LogP contribution in [-0.2, 0) is 19.5 Å². The minimum absolute atomic E-state index is 0. The molecular weight excluding hydrogens is 261 g/mol. The Balaban J connectivity index is 0.00000169. The summed E-state index contributed by atoms with van der Waals surface area (Å²) in [5, 5.41) is 0. The van der Waals surface area contributed by atoms with Gasteiger partial charge in [-0.15, -0.1) is 0 Å². The summed E-state index contributed by atoms with van der Waals surface area (Å²) in [6.45, 7) is 14.1. The number of hydrogen-bond acceptors (Lipinski definition) is 1. The van der Waals surface area contributed by atoms with E-state index < -0.39 is 0 Å². The molecule has 2 heteroatoms. The third-order valence-electron chi connectivity index (χ3n) is 3.41. The van der Waals surface area contributed by atoms with Gasteiger partial charge in [-0.3, -0.25) is 0 Å². The molecule has 87 valence electrons. The van der Waals surface area contributed by atoms with Crippen molar-refractivity contribution >= 4 is 0 Å². The van der Waals surface area contributed by atoms with E-state index in [4.69, 9.17) is 0 Å². The minimum Gasteiger partial charge on any atom is -0.316 e. The number of nitrogens with zero attached hydrogens (tertiary/aromatic N) is 1. The minimum atomic E-state index is 0. The molecule has 0 aromatic carbocycles. The number of rotatable bonds is 2. The van der Waals surface area contributed by atoms with Crippen LogP contribution in [0.5, 0.6) is 0 Å². The standard InChI is InChI=1S/C12H24N.Rh/c1-9(2)12-6-7-13(10(3)4)8-11(12)5;/h10-12H,6-8H2,1-5H3;/q-1;. The monoisotopic (exact) mass is 285 g/mol. The Hall–Kier alpha value is 0.583. The van der Waals surface area contributed by atoms with E-state index >= 15 is 0 Å². The van der Waals surface area contributed by atoms with Crippen molar-refractivity contribution in [3.05, 3.63) is 5.92 Å². The van der Waals surface area contributed by atoms with Crippen molar-refractivity contribution in [2.24, 2.45) is 11.8 Å². The first-order chi connectivity index (χ1) is 6.02. The van der Waals surface area contributed by atoms with Gasteiger partial charge in [0, 0.05) is 25.5 Å². The van der Waals surface area contributed by atoms with Crippen LogP contribution in [0.1, 0.15) is 41.0 Å². The van der Waals surface area contributed by atoms with E-state index in [-0.39, 0.29) is 19.5 Å². The largest absolute Gasteiger partial charge is 0.316 e. The molecule has 0 bridgehead atoms. The molecule has 1 radical (unpaired) electrons.